The zero-order valence-corrected chi connectivity index (χ0v) is 53.3. The molecule has 1 saturated heterocycles. The highest BCUT2D eigenvalue weighted by Gasteiger charge is 2.52. The van der Waals surface area contributed by atoms with Crippen molar-refractivity contribution in [2.45, 2.75) is 418 Å². The predicted molar refractivity (Wildman–Crippen MR) is 333 cm³/mol. The maximum absolute atomic E-state index is 13.8. The minimum Gasteiger partial charge on any atom is -0.463 e. The van der Waals surface area contributed by atoms with E-state index < -0.39 is 54.6 Å². The average Bonchev–Trinajstić information content (AvgIpc) is 3.44. The van der Waals surface area contributed by atoms with Crippen LogP contribution >= 0.6 is 0 Å². The summed E-state index contributed by atoms with van der Waals surface area (Å²) >= 11 is 0. The van der Waals surface area contributed by atoms with Gasteiger partial charge in [0.2, 0.25) is 0 Å². The summed E-state index contributed by atoms with van der Waals surface area (Å²) < 4.78 is 30.1. The van der Waals surface area contributed by atoms with E-state index in [0.29, 0.717) is 25.7 Å². The van der Waals surface area contributed by atoms with Gasteiger partial charge in [0.25, 0.3) is 0 Å². The van der Waals surface area contributed by atoms with E-state index in [1.54, 1.807) is 0 Å². The van der Waals surface area contributed by atoms with Gasteiger partial charge in [-0.3, -0.25) is 19.2 Å². The monoisotopic (exact) mass is 1130 g/mol. The van der Waals surface area contributed by atoms with Crippen molar-refractivity contribution in [1.82, 2.24) is 0 Å². The van der Waals surface area contributed by atoms with Crippen LogP contribution in [-0.2, 0) is 42.9 Å². The molecule has 1 unspecified atom stereocenters. The van der Waals surface area contributed by atoms with Gasteiger partial charge in [0.15, 0.2) is 24.6 Å². The van der Waals surface area contributed by atoms with Gasteiger partial charge in [0, 0.05) is 25.7 Å². The fourth-order valence-corrected chi connectivity index (χ4v) is 11.5. The maximum Gasteiger partial charge on any atom is 0.306 e. The zero-order chi connectivity index (χ0) is 58.0. The Morgan fingerprint density at radius 1 is 0.275 bits per heavy atom. The van der Waals surface area contributed by atoms with Crippen LogP contribution in [0.15, 0.2) is 0 Å². The van der Waals surface area contributed by atoms with Crippen molar-refractivity contribution < 1.29 is 48.0 Å². The van der Waals surface area contributed by atoms with Gasteiger partial charge in [-0.1, -0.05) is 336 Å². The molecule has 5 atom stereocenters. The van der Waals surface area contributed by atoms with Gasteiger partial charge in [-0.2, -0.15) is 0 Å². The first-order chi connectivity index (χ1) is 39.3. The molecule has 1 heterocycles. The molecule has 0 saturated carbocycles. The van der Waals surface area contributed by atoms with Crippen molar-refractivity contribution in [3.8, 4) is 0 Å². The molecule has 0 radical (unpaired) electrons. The summed E-state index contributed by atoms with van der Waals surface area (Å²) in [6.07, 6.45) is 55.6. The van der Waals surface area contributed by atoms with Crippen molar-refractivity contribution in [2.75, 3.05) is 6.61 Å². The Hall–Kier alpha value is -2.20. The van der Waals surface area contributed by atoms with Crippen LogP contribution in [0.3, 0.4) is 0 Å². The summed E-state index contributed by atoms with van der Waals surface area (Å²) in [6, 6.07) is 0. The van der Waals surface area contributed by atoms with E-state index in [1.807, 2.05) is 0 Å². The minimum absolute atomic E-state index is 0.142. The second-order valence-corrected chi connectivity index (χ2v) is 24.6. The summed E-state index contributed by atoms with van der Waals surface area (Å²) in [7, 11) is 0. The Balaban J connectivity index is 2.96. The minimum atomic E-state index is -1.69. The van der Waals surface area contributed by atoms with Crippen LogP contribution in [0, 0.1) is 0 Å². The number of unbranched alkanes of at least 4 members (excludes halogenated alkanes) is 48. The molecular formula is C70H132O10. The Morgan fingerprint density at radius 2 is 0.475 bits per heavy atom. The molecular weight excluding hydrogens is 1000 g/mol. The number of hydrogen-bond donors (Lipinski definition) is 1. The third-order valence-corrected chi connectivity index (χ3v) is 16.8. The third kappa shape index (κ3) is 47.2. The molecule has 1 aliphatic heterocycles. The fraction of sp³-hybridized carbons (Fsp3) is 0.943. The molecule has 1 N–H and O–H groups in total. The van der Waals surface area contributed by atoms with Crippen LogP contribution in [-0.4, -0.2) is 66.3 Å². The molecule has 1 rings (SSSR count). The van der Waals surface area contributed by atoms with Crippen LogP contribution in [0.1, 0.15) is 387 Å². The van der Waals surface area contributed by atoms with Gasteiger partial charge in [-0.05, 0) is 25.7 Å². The van der Waals surface area contributed by atoms with Gasteiger partial charge in [-0.15, -0.1) is 0 Å². The highest BCUT2D eigenvalue weighted by molar-refractivity contribution is 5.72. The van der Waals surface area contributed by atoms with Crippen molar-refractivity contribution in [2.24, 2.45) is 0 Å². The van der Waals surface area contributed by atoms with Gasteiger partial charge in [0.1, 0.15) is 12.7 Å². The first-order valence-electron chi connectivity index (χ1n) is 35.3. The van der Waals surface area contributed by atoms with E-state index in [-0.39, 0.29) is 32.3 Å². The zero-order valence-electron chi connectivity index (χ0n) is 53.3. The highest BCUT2D eigenvalue weighted by atomic mass is 16.7. The normalized spacial score (nSPS) is 17.2. The molecule has 0 aromatic rings. The summed E-state index contributed by atoms with van der Waals surface area (Å²) in [4.78, 5) is 54.2. The quantitative estimate of drug-likeness (QED) is 0.0356. The predicted octanol–water partition coefficient (Wildman–Crippen LogP) is 20.9. The number of esters is 4. The largest absolute Gasteiger partial charge is 0.463 e. The molecule has 10 heteroatoms. The topological polar surface area (TPSA) is 135 Å². The van der Waals surface area contributed by atoms with E-state index in [0.717, 1.165) is 77.0 Å². The number of carbonyl (C=O) groups excluding carboxylic acids is 4. The lowest BCUT2D eigenvalue weighted by molar-refractivity contribution is -0.297. The average molecular weight is 1130 g/mol. The number of aliphatic hydroxyl groups excluding tert-OH is 1. The van der Waals surface area contributed by atoms with Gasteiger partial charge in [0.05, 0.1) is 0 Å². The van der Waals surface area contributed by atoms with Crippen molar-refractivity contribution in [1.29, 1.82) is 0 Å². The third-order valence-electron chi connectivity index (χ3n) is 16.8. The number of carbonyl (C=O) groups is 4. The van der Waals surface area contributed by atoms with E-state index in [2.05, 4.69) is 27.7 Å². The second-order valence-electron chi connectivity index (χ2n) is 24.6. The lowest BCUT2D eigenvalue weighted by atomic mass is 9.97. The molecule has 0 bridgehead atoms. The van der Waals surface area contributed by atoms with Crippen LogP contribution in [0.25, 0.3) is 0 Å². The van der Waals surface area contributed by atoms with Crippen LogP contribution < -0.4 is 0 Å². The molecule has 0 spiro atoms. The molecule has 472 valence electrons. The molecule has 1 fully saturated rings. The second kappa shape index (κ2) is 58.6. The first kappa shape index (κ1) is 75.8. The van der Waals surface area contributed by atoms with E-state index in [1.165, 1.54) is 231 Å². The van der Waals surface area contributed by atoms with Crippen molar-refractivity contribution in [3.63, 3.8) is 0 Å². The molecule has 80 heavy (non-hydrogen) atoms. The molecule has 10 nitrogen and oxygen atoms in total. The van der Waals surface area contributed by atoms with Gasteiger partial charge in [-0.25, -0.2) is 0 Å². The number of ether oxygens (including phenoxy) is 5. The van der Waals surface area contributed by atoms with Gasteiger partial charge >= 0.3 is 23.9 Å². The molecule has 1 aliphatic rings. The summed E-state index contributed by atoms with van der Waals surface area (Å²) in [5.41, 5.74) is 0. The van der Waals surface area contributed by atoms with Crippen molar-refractivity contribution in [3.05, 3.63) is 0 Å². The Morgan fingerprint density at radius 3 is 0.725 bits per heavy atom. The lowest BCUT2D eigenvalue weighted by Gasteiger charge is -2.43. The molecule has 0 aliphatic carbocycles. The summed E-state index contributed by atoms with van der Waals surface area (Å²) in [5.74, 6) is -1.93. The smallest absolute Gasteiger partial charge is 0.306 e. The molecule has 0 amide bonds. The highest BCUT2D eigenvalue weighted by Crippen LogP contribution is 2.30. The Kier molecular flexibility index (Phi) is 55.5. The van der Waals surface area contributed by atoms with E-state index >= 15 is 0 Å². The van der Waals surface area contributed by atoms with Crippen LogP contribution in [0.5, 0.6) is 0 Å². The van der Waals surface area contributed by atoms with Crippen molar-refractivity contribution >= 4 is 23.9 Å². The SMILES string of the molecule is CCCCCCCCCCCCCCCC(=O)OC[C@H]1OC(O)[C@H](OC(=O)CCCCCCCCCCCCCCC)[C@@H](OC(=O)CCCCCCCCCCCCCCC)[C@@H]1OC(=O)CCCCCCCCCCCCCCC. The number of rotatable bonds is 61. The summed E-state index contributed by atoms with van der Waals surface area (Å²) in [5, 5.41) is 11.6. The lowest BCUT2D eigenvalue weighted by Crippen LogP contribution is -2.62. The Labute approximate surface area is 494 Å². The Bertz CT molecular complexity index is 1370. The number of aliphatic hydroxyl groups is 1. The van der Waals surface area contributed by atoms with Crippen LogP contribution in [0.4, 0.5) is 0 Å². The van der Waals surface area contributed by atoms with E-state index in [4.69, 9.17) is 23.7 Å². The van der Waals surface area contributed by atoms with E-state index in [9.17, 15) is 24.3 Å². The number of hydrogen-bond acceptors (Lipinski definition) is 10. The maximum atomic E-state index is 13.8. The molecule has 0 aromatic carbocycles. The first-order valence-corrected chi connectivity index (χ1v) is 35.3. The van der Waals surface area contributed by atoms with Crippen LogP contribution in [0.2, 0.25) is 0 Å². The standard InChI is InChI=1S/C70H132O10/c1-5-9-13-17-21-25-29-33-37-41-45-49-53-57-63(71)76-61-62-67(78-64(72)58-54-50-46-42-38-34-30-26-22-18-14-10-6-2)68(79-65(73)59-55-51-47-43-39-35-31-27-23-19-15-11-7-3)69(70(75)77-62)80-66(74)60-56-52-48-44-40-36-32-28-24-20-16-12-8-4/h62,67-70,75H,5-61H2,1-4H3/t62-,67-,68+,69-,70?/m1/s1. The summed E-state index contributed by atoms with van der Waals surface area (Å²) in [6.45, 7) is 8.71. The fourth-order valence-electron chi connectivity index (χ4n) is 11.5. The van der Waals surface area contributed by atoms with Gasteiger partial charge < -0.3 is 28.8 Å². The molecule has 0 aromatic heterocycles.